The zero-order chi connectivity index (χ0) is 18.2. The molecule has 1 fully saturated rings. The highest BCUT2D eigenvalue weighted by Gasteiger charge is 2.24. The largest absolute Gasteiger partial charge is 0.352 e. The van der Waals surface area contributed by atoms with Crippen LogP contribution in [0.15, 0.2) is 54.9 Å². The van der Waals surface area contributed by atoms with Crippen molar-refractivity contribution in [2.75, 3.05) is 13.1 Å². The number of likely N-dealkylation sites (tertiary alicyclic amines) is 1. The van der Waals surface area contributed by atoms with Crippen molar-refractivity contribution in [2.45, 2.75) is 32.2 Å². The number of pyridine rings is 1. The number of carbonyl (C=O) groups is 2. The van der Waals surface area contributed by atoms with Gasteiger partial charge in [-0.1, -0.05) is 36.4 Å². The van der Waals surface area contributed by atoms with E-state index >= 15 is 0 Å². The molecule has 2 amide bonds. The van der Waals surface area contributed by atoms with Gasteiger partial charge >= 0.3 is 0 Å². The maximum Gasteiger partial charge on any atom is 0.232 e. The van der Waals surface area contributed by atoms with Crippen molar-refractivity contribution in [3.8, 4) is 0 Å². The SMILES string of the molecule is O=C(CC(=O)N1CCC(Cc2ccccc2)CC1)NCc1cccnc1. The van der Waals surface area contributed by atoms with Crippen molar-refractivity contribution in [1.82, 2.24) is 15.2 Å². The maximum atomic E-state index is 12.3. The Kier molecular flexibility index (Phi) is 6.36. The number of nitrogens with one attached hydrogen (secondary N) is 1. The summed E-state index contributed by atoms with van der Waals surface area (Å²) in [6.45, 7) is 1.89. The van der Waals surface area contributed by atoms with Crippen molar-refractivity contribution < 1.29 is 9.59 Å². The van der Waals surface area contributed by atoms with Gasteiger partial charge in [-0.25, -0.2) is 0 Å². The number of carbonyl (C=O) groups excluding carboxylic acids is 2. The van der Waals surface area contributed by atoms with Crippen LogP contribution in [0, 0.1) is 5.92 Å². The molecule has 2 aromatic rings. The second-order valence-corrected chi connectivity index (χ2v) is 6.83. The Labute approximate surface area is 154 Å². The third kappa shape index (κ3) is 5.41. The fourth-order valence-electron chi connectivity index (χ4n) is 3.35. The first-order valence-corrected chi connectivity index (χ1v) is 9.18. The van der Waals surface area contributed by atoms with E-state index in [-0.39, 0.29) is 18.2 Å². The normalized spacial score (nSPS) is 14.8. The second-order valence-electron chi connectivity index (χ2n) is 6.83. The standard InChI is InChI=1S/C21H25N3O2/c25-20(23-16-19-7-4-10-22-15-19)14-21(26)24-11-8-18(9-12-24)13-17-5-2-1-3-6-17/h1-7,10,15,18H,8-9,11-14,16H2,(H,23,25). The van der Waals surface area contributed by atoms with E-state index in [1.807, 2.05) is 23.1 Å². The van der Waals surface area contributed by atoms with E-state index in [2.05, 4.69) is 34.6 Å². The summed E-state index contributed by atoms with van der Waals surface area (Å²) in [4.78, 5) is 30.2. The van der Waals surface area contributed by atoms with E-state index in [0.717, 1.165) is 37.9 Å². The molecule has 0 bridgehead atoms. The number of rotatable bonds is 6. The number of nitrogens with zero attached hydrogens (tertiary/aromatic N) is 2. The number of piperidine rings is 1. The zero-order valence-corrected chi connectivity index (χ0v) is 14.9. The lowest BCUT2D eigenvalue weighted by Crippen LogP contribution is -2.41. The second kappa shape index (κ2) is 9.13. The van der Waals surface area contributed by atoms with Crippen molar-refractivity contribution in [3.05, 3.63) is 66.0 Å². The molecule has 0 saturated carbocycles. The molecular weight excluding hydrogens is 326 g/mol. The molecule has 1 aromatic carbocycles. The Hall–Kier alpha value is -2.69. The highest BCUT2D eigenvalue weighted by atomic mass is 16.2. The molecule has 1 saturated heterocycles. The quantitative estimate of drug-likeness (QED) is 0.814. The first kappa shape index (κ1) is 18.1. The van der Waals surface area contributed by atoms with Crippen LogP contribution in [0.1, 0.15) is 30.4 Å². The molecule has 3 rings (SSSR count). The van der Waals surface area contributed by atoms with Gasteiger partial charge in [0.1, 0.15) is 6.42 Å². The molecule has 0 aliphatic carbocycles. The third-order valence-electron chi connectivity index (χ3n) is 4.86. The first-order valence-electron chi connectivity index (χ1n) is 9.18. The van der Waals surface area contributed by atoms with Crippen LogP contribution in [0.2, 0.25) is 0 Å². The average Bonchev–Trinajstić information content (AvgIpc) is 2.68. The number of aromatic nitrogens is 1. The molecule has 1 aliphatic rings. The van der Waals surface area contributed by atoms with Gasteiger partial charge in [0.15, 0.2) is 0 Å². The van der Waals surface area contributed by atoms with Gasteiger partial charge in [0.25, 0.3) is 0 Å². The fourth-order valence-corrected chi connectivity index (χ4v) is 3.35. The van der Waals surface area contributed by atoms with Crippen LogP contribution in [0.25, 0.3) is 0 Å². The lowest BCUT2D eigenvalue weighted by Gasteiger charge is -2.32. The number of hydrogen-bond donors (Lipinski definition) is 1. The van der Waals surface area contributed by atoms with Crippen LogP contribution in [0.5, 0.6) is 0 Å². The molecule has 0 spiro atoms. The summed E-state index contributed by atoms with van der Waals surface area (Å²) in [5, 5.41) is 2.78. The van der Waals surface area contributed by atoms with Crippen LogP contribution >= 0.6 is 0 Å². The van der Waals surface area contributed by atoms with E-state index < -0.39 is 0 Å². The fraction of sp³-hybridized carbons (Fsp3) is 0.381. The molecule has 1 aromatic heterocycles. The Bertz CT molecular complexity index is 711. The highest BCUT2D eigenvalue weighted by Crippen LogP contribution is 2.22. The Morgan fingerprint density at radius 2 is 1.77 bits per heavy atom. The van der Waals surface area contributed by atoms with Crippen molar-refractivity contribution in [2.24, 2.45) is 5.92 Å². The average molecular weight is 351 g/mol. The van der Waals surface area contributed by atoms with E-state index in [1.54, 1.807) is 12.4 Å². The van der Waals surface area contributed by atoms with Crippen LogP contribution in [-0.4, -0.2) is 34.8 Å². The lowest BCUT2D eigenvalue weighted by atomic mass is 9.90. The molecule has 1 aliphatic heterocycles. The molecule has 26 heavy (non-hydrogen) atoms. The summed E-state index contributed by atoms with van der Waals surface area (Å²) in [7, 11) is 0. The van der Waals surface area contributed by atoms with Crippen LogP contribution in [0.3, 0.4) is 0 Å². The van der Waals surface area contributed by atoms with Crippen molar-refractivity contribution in [3.63, 3.8) is 0 Å². The zero-order valence-electron chi connectivity index (χ0n) is 14.9. The molecular formula is C21H25N3O2. The molecule has 2 heterocycles. The van der Waals surface area contributed by atoms with Gasteiger partial charge < -0.3 is 10.2 Å². The van der Waals surface area contributed by atoms with Gasteiger partial charge in [-0.05, 0) is 42.4 Å². The Morgan fingerprint density at radius 1 is 1.04 bits per heavy atom. The number of benzene rings is 1. The Balaban J connectivity index is 1.38. The van der Waals surface area contributed by atoms with E-state index in [1.165, 1.54) is 5.56 Å². The minimum Gasteiger partial charge on any atom is -0.352 e. The summed E-state index contributed by atoms with van der Waals surface area (Å²) in [5.41, 5.74) is 2.28. The summed E-state index contributed by atoms with van der Waals surface area (Å²) < 4.78 is 0. The molecule has 136 valence electrons. The molecule has 0 unspecified atom stereocenters. The smallest absolute Gasteiger partial charge is 0.232 e. The Morgan fingerprint density at radius 3 is 2.46 bits per heavy atom. The molecule has 0 radical (unpaired) electrons. The lowest BCUT2D eigenvalue weighted by molar-refractivity contribution is -0.137. The van der Waals surface area contributed by atoms with E-state index in [0.29, 0.717) is 12.5 Å². The summed E-state index contributed by atoms with van der Waals surface area (Å²) in [5.74, 6) is 0.304. The molecule has 1 N–H and O–H groups in total. The molecule has 5 heteroatoms. The highest BCUT2D eigenvalue weighted by molar-refractivity contribution is 5.96. The minimum atomic E-state index is -0.231. The number of amides is 2. The van der Waals surface area contributed by atoms with E-state index in [9.17, 15) is 9.59 Å². The van der Waals surface area contributed by atoms with Gasteiger partial charge in [0.05, 0.1) is 0 Å². The van der Waals surface area contributed by atoms with Gasteiger partial charge in [-0.2, -0.15) is 0 Å². The predicted molar refractivity (Wildman–Crippen MR) is 100 cm³/mol. The first-order chi connectivity index (χ1) is 12.7. The van der Waals surface area contributed by atoms with Crippen LogP contribution < -0.4 is 5.32 Å². The topological polar surface area (TPSA) is 62.3 Å². The summed E-state index contributed by atoms with van der Waals surface area (Å²) in [6.07, 6.45) is 6.38. The van der Waals surface area contributed by atoms with Gasteiger partial charge in [-0.3, -0.25) is 14.6 Å². The monoisotopic (exact) mass is 351 g/mol. The van der Waals surface area contributed by atoms with Crippen LogP contribution in [-0.2, 0) is 22.6 Å². The van der Waals surface area contributed by atoms with Crippen molar-refractivity contribution >= 4 is 11.8 Å². The summed E-state index contributed by atoms with van der Waals surface area (Å²) in [6, 6.07) is 14.2. The van der Waals surface area contributed by atoms with Crippen molar-refractivity contribution in [1.29, 1.82) is 0 Å². The predicted octanol–water partition coefficient (Wildman–Crippen LogP) is 2.57. The van der Waals surface area contributed by atoms with Gasteiger partial charge in [0.2, 0.25) is 11.8 Å². The maximum absolute atomic E-state index is 12.3. The van der Waals surface area contributed by atoms with Gasteiger partial charge in [0, 0.05) is 32.0 Å². The molecule has 0 atom stereocenters. The third-order valence-corrected chi connectivity index (χ3v) is 4.86. The number of hydrogen-bond acceptors (Lipinski definition) is 3. The van der Waals surface area contributed by atoms with Crippen LogP contribution in [0.4, 0.5) is 0 Å². The van der Waals surface area contributed by atoms with E-state index in [4.69, 9.17) is 0 Å². The van der Waals surface area contributed by atoms with Gasteiger partial charge in [-0.15, -0.1) is 0 Å². The molecule has 5 nitrogen and oxygen atoms in total. The summed E-state index contributed by atoms with van der Waals surface area (Å²) >= 11 is 0. The minimum absolute atomic E-state index is 0.0770.